The highest BCUT2D eigenvalue weighted by atomic mass is 79.9. The van der Waals surface area contributed by atoms with Crippen LogP contribution in [-0.2, 0) is 0 Å². The standard InChI is InChI=1S/C13H16BrFO3/c1-13(2,3)6-7-18-9-5-4-8(12(16)17)10(14)11(9)15/h4-5H,6-7H2,1-3H3,(H,16,17). The van der Waals surface area contributed by atoms with Crippen molar-refractivity contribution in [2.24, 2.45) is 5.41 Å². The maximum atomic E-state index is 13.8. The molecule has 0 amide bonds. The van der Waals surface area contributed by atoms with Gasteiger partial charge < -0.3 is 9.84 Å². The lowest BCUT2D eigenvalue weighted by Gasteiger charge is -2.18. The highest BCUT2D eigenvalue weighted by molar-refractivity contribution is 9.10. The predicted molar refractivity (Wildman–Crippen MR) is 70.6 cm³/mol. The van der Waals surface area contributed by atoms with Gasteiger partial charge in [-0.2, -0.15) is 0 Å². The zero-order valence-corrected chi connectivity index (χ0v) is 12.2. The van der Waals surface area contributed by atoms with Crippen molar-refractivity contribution >= 4 is 21.9 Å². The van der Waals surface area contributed by atoms with E-state index in [9.17, 15) is 9.18 Å². The molecule has 100 valence electrons. The molecule has 0 aromatic heterocycles. The summed E-state index contributed by atoms with van der Waals surface area (Å²) in [4.78, 5) is 10.8. The summed E-state index contributed by atoms with van der Waals surface area (Å²) >= 11 is 2.93. The minimum Gasteiger partial charge on any atom is -0.490 e. The SMILES string of the molecule is CC(C)(C)CCOc1ccc(C(=O)O)c(Br)c1F. The lowest BCUT2D eigenvalue weighted by atomic mass is 9.93. The first-order chi connectivity index (χ1) is 8.22. The highest BCUT2D eigenvalue weighted by Gasteiger charge is 2.17. The van der Waals surface area contributed by atoms with Crippen molar-refractivity contribution in [1.29, 1.82) is 0 Å². The number of carboxylic acids is 1. The molecule has 18 heavy (non-hydrogen) atoms. The number of carbonyl (C=O) groups is 1. The van der Waals surface area contributed by atoms with Gasteiger partial charge in [-0.3, -0.25) is 0 Å². The molecule has 0 aliphatic rings. The number of ether oxygens (including phenoxy) is 1. The Morgan fingerprint density at radius 2 is 2.06 bits per heavy atom. The fraction of sp³-hybridized carbons (Fsp3) is 0.462. The minimum absolute atomic E-state index is 0.0659. The molecule has 0 aliphatic carbocycles. The van der Waals surface area contributed by atoms with E-state index >= 15 is 0 Å². The number of aromatic carboxylic acids is 1. The predicted octanol–water partition coefficient (Wildman–Crippen LogP) is 4.10. The van der Waals surface area contributed by atoms with Gasteiger partial charge in [0.25, 0.3) is 0 Å². The van der Waals surface area contributed by atoms with Gasteiger partial charge in [0.2, 0.25) is 0 Å². The quantitative estimate of drug-likeness (QED) is 0.909. The molecule has 0 spiro atoms. The van der Waals surface area contributed by atoms with Gasteiger partial charge in [0.15, 0.2) is 11.6 Å². The van der Waals surface area contributed by atoms with Gasteiger partial charge in [-0.1, -0.05) is 20.8 Å². The Morgan fingerprint density at radius 1 is 1.44 bits per heavy atom. The van der Waals surface area contributed by atoms with E-state index in [-0.39, 0.29) is 21.2 Å². The van der Waals surface area contributed by atoms with Crippen molar-refractivity contribution in [2.45, 2.75) is 27.2 Å². The minimum atomic E-state index is -1.18. The van der Waals surface area contributed by atoms with E-state index in [1.807, 2.05) is 0 Å². The highest BCUT2D eigenvalue weighted by Crippen LogP contribution is 2.29. The van der Waals surface area contributed by atoms with E-state index in [0.717, 1.165) is 6.42 Å². The fourth-order valence-corrected chi connectivity index (χ4v) is 1.77. The van der Waals surface area contributed by atoms with Crippen LogP contribution < -0.4 is 4.74 Å². The molecule has 1 rings (SSSR count). The number of hydrogen-bond donors (Lipinski definition) is 1. The van der Waals surface area contributed by atoms with Crippen molar-refractivity contribution in [3.63, 3.8) is 0 Å². The van der Waals surface area contributed by atoms with Crippen molar-refractivity contribution in [1.82, 2.24) is 0 Å². The third-order valence-corrected chi connectivity index (χ3v) is 3.16. The number of carboxylic acid groups (broad SMARTS) is 1. The van der Waals surface area contributed by atoms with Crippen LogP contribution in [0.1, 0.15) is 37.6 Å². The topological polar surface area (TPSA) is 46.5 Å². The van der Waals surface area contributed by atoms with Crippen LogP contribution in [0, 0.1) is 11.2 Å². The van der Waals surface area contributed by atoms with Crippen LogP contribution in [0.5, 0.6) is 5.75 Å². The molecule has 0 saturated heterocycles. The molecule has 0 heterocycles. The van der Waals surface area contributed by atoms with Crippen molar-refractivity contribution in [2.75, 3.05) is 6.61 Å². The Bertz CT molecular complexity index is 452. The Balaban J connectivity index is 2.80. The molecular weight excluding hydrogens is 303 g/mol. The average Bonchev–Trinajstić information content (AvgIpc) is 2.22. The Hall–Kier alpha value is -1.10. The van der Waals surface area contributed by atoms with Crippen LogP contribution in [0.4, 0.5) is 4.39 Å². The van der Waals surface area contributed by atoms with Crippen LogP contribution in [0.2, 0.25) is 0 Å². The van der Waals surface area contributed by atoms with Crippen molar-refractivity contribution < 1.29 is 19.0 Å². The van der Waals surface area contributed by atoms with Crippen molar-refractivity contribution in [3.8, 4) is 5.75 Å². The van der Waals surface area contributed by atoms with Gasteiger partial charge in [0.1, 0.15) is 0 Å². The number of halogens is 2. The Kier molecular flexibility index (Phi) is 4.73. The summed E-state index contributed by atoms with van der Waals surface area (Å²) in [5.74, 6) is -1.79. The largest absolute Gasteiger partial charge is 0.490 e. The summed E-state index contributed by atoms with van der Waals surface area (Å²) in [6.45, 7) is 6.59. The Labute approximate surface area is 114 Å². The van der Waals surface area contributed by atoms with E-state index < -0.39 is 11.8 Å². The first kappa shape index (κ1) is 15.0. The van der Waals surface area contributed by atoms with Crippen LogP contribution in [0.15, 0.2) is 16.6 Å². The van der Waals surface area contributed by atoms with Crippen LogP contribution >= 0.6 is 15.9 Å². The molecule has 0 bridgehead atoms. The average molecular weight is 319 g/mol. The molecule has 3 nitrogen and oxygen atoms in total. The van der Waals surface area contributed by atoms with Gasteiger partial charge in [-0.25, -0.2) is 9.18 Å². The van der Waals surface area contributed by atoms with Gasteiger partial charge in [-0.15, -0.1) is 0 Å². The summed E-state index contributed by atoms with van der Waals surface area (Å²) in [5, 5.41) is 8.83. The monoisotopic (exact) mass is 318 g/mol. The van der Waals surface area contributed by atoms with Crippen LogP contribution in [0.3, 0.4) is 0 Å². The van der Waals surface area contributed by atoms with E-state index in [4.69, 9.17) is 9.84 Å². The van der Waals surface area contributed by atoms with Gasteiger partial charge in [0, 0.05) is 0 Å². The summed E-state index contributed by atoms with van der Waals surface area (Å²) in [6, 6.07) is 2.66. The molecular formula is C13H16BrFO3. The zero-order valence-electron chi connectivity index (χ0n) is 10.6. The molecule has 0 unspecified atom stereocenters. The van der Waals surface area contributed by atoms with E-state index in [2.05, 4.69) is 36.7 Å². The number of hydrogen-bond acceptors (Lipinski definition) is 2. The van der Waals surface area contributed by atoms with Crippen LogP contribution in [0.25, 0.3) is 0 Å². The summed E-state index contributed by atoms with van der Waals surface area (Å²) in [5.41, 5.74) is -0.00925. The lowest BCUT2D eigenvalue weighted by molar-refractivity contribution is 0.0695. The second kappa shape index (κ2) is 5.69. The van der Waals surface area contributed by atoms with Crippen molar-refractivity contribution in [3.05, 3.63) is 28.0 Å². The van der Waals surface area contributed by atoms with E-state index in [1.54, 1.807) is 0 Å². The van der Waals surface area contributed by atoms with Gasteiger partial charge in [0.05, 0.1) is 16.6 Å². The fourth-order valence-electron chi connectivity index (χ4n) is 1.28. The molecule has 0 atom stereocenters. The first-order valence-corrected chi connectivity index (χ1v) is 6.36. The molecule has 1 aromatic carbocycles. The molecule has 0 fully saturated rings. The Morgan fingerprint density at radius 3 is 2.56 bits per heavy atom. The molecule has 0 saturated carbocycles. The second-order valence-corrected chi connectivity index (χ2v) is 6.00. The smallest absolute Gasteiger partial charge is 0.336 e. The second-order valence-electron chi connectivity index (χ2n) is 5.20. The number of rotatable bonds is 4. The van der Waals surface area contributed by atoms with Crippen LogP contribution in [-0.4, -0.2) is 17.7 Å². The molecule has 0 radical (unpaired) electrons. The summed E-state index contributed by atoms with van der Waals surface area (Å²) in [7, 11) is 0. The first-order valence-electron chi connectivity index (χ1n) is 5.56. The van der Waals surface area contributed by atoms with E-state index in [1.165, 1.54) is 12.1 Å². The normalized spacial score (nSPS) is 11.4. The molecule has 1 N–H and O–H groups in total. The maximum absolute atomic E-state index is 13.8. The maximum Gasteiger partial charge on any atom is 0.336 e. The lowest BCUT2D eigenvalue weighted by Crippen LogP contribution is -2.12. The summed E-state index contributed by atoms with van der Waals surface area (Å²) < 4.78 is 19.1. The third kappa shape index (κ3) is 3.98. The zero-order chi connectivity index (χ0) is 13.9. The summed E-state index contributed by atoms with van der Waals surface area (Å²) in [6.07, 6.45) is 0.782. The van der Waals surface area contributed by atoms with Gasteiger partial charge in [-0.05, 0) is 39.9 Å². The van der Waals surface area contributed by atoms with E-state index in [0.29, 0.717) is 6.61 Å². The molecule has 1 aromatic rings. The third-order valence-electron chi connectivity index (χ3n) is 2.39. The molecule has 0 aliphatic heterocycles. The van der Waals surface area contributed by atoms with Gasteiger partial charge >= 0.3 is 5.97 Å². The molecule has 5 heteroatoms. The number of benzene rings is 1.